The zero-order chi connectivity index (χ0) is 20.7. The first-order valence-corrected chi connectivity index (χ1v) is 10.3. The van der Waals surface area contributed by atoms with Gasteiger partial charge in [0.25, 0.3) is 0 Å². The van der Waals surface area contributed by atoms with Crippen molar-refractivity contribution in [3.8, 4) is 0 Å². The summed E-state index contributed by atoms with van der Waals surface area (Å²) in [6, 6.07) is -0.758. The largest absolute Gasteiger partial charge is 0.461 e. The molecule has 1 amide bonds. The van der Waals surface area contributed by atoms with E-state index in [2.05, 4.69) is 4.98 Å². The fourth-order valence-electron chi connectivity index (χ4n) is 2.84. The van der Waals surface area contributed by atoms with E-state index in [1.54, 1.807) is 24.3 Å². The molecule has 1 aromatic rings. The molecule has 0 bridgehead atoms. The minimum absolute atomic E-state index is 0.0868. The highest BCUT2D eigenvalue weighted by molar-refractivity contribution is 7.09. The summed E-state index contributed by atoms with van der Waals surface area (Å²) in [5.41, 5.74) is 6.30. The van der Waals surface area contributed by atoms with E-state index in [0.29, 0.717) is 11.4 Å². The summed E-state index contributed by atoms with van der Waals surface area (Å²) in [4.78, 5) is 30.3. The van der Waals surface area contributed by atoms with Gasteiger partial charge in [0.1, 0.15) is 11.1 Å². The number of amides is 1. The molecule has 0 aliphatic heterocycles. The van der Waals surface area contributed by atoms with Gasteiger partial charge in [0, 0.05) is 24.9 Å². The van der Waals surface area contributed by atoms with E-state index < -0.39 is 18.1 Å². The molecule has 0 aromatic carbocycles. The molecule has 1 unspecified atom stereocenters. The SMILES string of the molecule is CCOC(=O)c1csc([C@H](O)C[C@H](C(C)C)N(C)C(=O)[C@@H](N)C(C)CC)n1. The van der Waals surface area contributed by atoms with Crippen LogP contribution in [0.25, 0.3) is 0 Å². The van der Waals surface area contributed by atoms with Gasteiger partial charge in [-0.25, -0.2) is 9.78 Å². The number of rotatable bonds is 10. The predicted molar refractivity (Wildman–Crippen MR) is 106 cm³/mol. The Bertz CT molecular complexity index is 620. The van der Waals surface area contributed by atoms with Gasteiger partial charge >= 0.3 is 5.97 Å². The Hall–Kier alpha value is -1.51. The number of ether oxygens (including phenoxy) is 1. The Morgan fingerprint density at radius 3 is 2.48 bits per heavy atom. The number of nitrogens with two attached hydrogens (primary N) is 1. The molecule has 27 heavy (non-hydrogen) atoms. The second-order valence-electron chi connectivity index (χ2n) is 7.21. The molecule has 0 aliphatic carbocycles. The highest BCUT2D eigenvalue weighted by atomic mass is 32.1. The van der Waals surface area contributed by atoms with Crippen LogP contribution in [0.5, 0.6) is 0 Å². The first kappa shape index (κ1) is 23.5. The van der Waals surface area contributed by atoms with Crippen molar-refractivity contribution in [2.24, 2.45) is 17.6 Å². The summed E-state index contributed by atoms with van der Waals surface area (Å²) in [6.45, 7) is 9.97. The Morgan fingerprint density at radius 2 is 1.96 bits per heavy atom. The lowest BCUT2D eigenvalue weighted by Gasteiger charge is -2.35. The molecular formula is C19H33N3O4S. The van der Waals surface area contributed by atoms with Gasteiger partial charge in [0.05, 0.1) is 12.6 Å². The summed E-state index contributed by atoms with van der Waals surface area (Å²) in [7, 11) is 1.73. The number of hydrogen-bond acceptors (Lipinski definition) is 7. The van der Waals surface area contributed by atoms with E-state index in [0.717, 1.165) is 6.42 Å². The van der Waals surface area contributed by atoms with Crippen molar-refractivity contribution in [1.82, 2.24) is 9.88 Å². The Morgan fingerprint density at radius 1 is 1.33 bits per heavy atom. The van der Waals surface area contributed by atoms with Crippen LogP contribution in [-0.2, 0) is 9.53 Å². The van der Waals surface area contributed by atoms with E-state index >= 15 is 0 Å². The number of carbonyl (C=O) groups excluding carboxylic acids is 2. The van der Waals surface area contributed by atoms with Gasteiger partial charge in [-0.1, -0.05) is 34.1 Å². The van der Waals surface area contributed by atoms with Crippen LogP contribution in [0.15, 0.2) is 5.38 Å². The summed E-state index contributed by atoms with van der Waals surface area (Å²) in [5.74, 6) is -0.410. The second-order valence-corrected chi connectivity index (χ2v) is 8.10. The fraction of sp³-hybridized carbons (Fsp3) is 0.737. The average molecular weight is 400 g/mol. The second kappa shape index (κ2) is 10.7. The lowest BCUT2D eigenvalue weighted by atomic mass is 9.93. The van der Waals surface area contributed by atoms with Gasteiger partial charge < -0.3 is 20.5 Å². The Labute approximate surface area is 165 Å². The van der Waals surface area contributed by atoms with Crippen LogP contribution in [0.1, 0.15) is 69.1 Å². The third-order valence-corrected chi connectivity index (χ3v) is 5.86. The molecule has 8 heteroatoms. The van der Waals surface area contributed by atoms with Crippen LogP contribution >= 0.6 is 11.3 Å². The van der Waals surface area contributed by atoms with Crippen LogP contribution in [0.3, 0.4) is 0 Å². The number of nitrogens with zero attached hydrogens (tertiary/aromatic N) is 2. The molecule has 4 atom stereocenters. The number of aromatic nitrogens is 1. The van der Waals surface area contributed by atoms with Crippen molar-refractivity contribution in [1.29, 1.82) is 0 Å². The lowest BCUT2D eigenvalue weighted by Crippen LogP contribution is -2.51. The molecule has 0 spiro atoms. The van der Waals surface area contributed by atoms with Gasteiger partial charge in [-0.3, -0.25) is 4.79 Å². The van der Waals surface area contributed by atoms with Crippen molar-refractivity contribution in [3.63, 3.8) is 0 Å². The number of aliphatic hydroxyl groups excluding tert-OH is 1. The zero-order valence-electron chi connectivity index (χ0n) is 17.1. The number of likely N-dealkylation sites (N-methyl/N-ethyl adjacent to an activating group) is 1. The van der Waals surface area contributed by atoms with E-state index in [-0.39, 0.29) is 36.1 Å². The van der Waals surface area contributed by atoms with Gasteiger partial charge in [-0.05, 0) is 18.8 Å². The Kier molecular flexibility index (Phi) is 9.35. The normalized spacial score (nSPS) is 15.9. The molecule has 0 fully saturated rings. The maximum atomic E-state index is 12.7. The Balaban J connectivity index is 2.87. The molecular weight excluding hydrogens is 366 g/mol. The van der Waals surface area contributed by atoms with Crippen molar-refractivity contribution in [2.45, 2.75) is 65.6 Å². The topological polar surface area (TPSA) is 106 Å². The number of aliphatic hydroxyl groups is 1. The van der Waals surface area contributed by atoms with Crippen molar-refractivity contribution >= 4 is 23.2 Å². The zero-order valence-corrected chi connectivity index (χ0v) is 18.0. The predicted octanol–water partition coefficient (Wildman–Crippen LogP) is 2.60. The summed E-state index contributed by atoms with van der Waals surface area (Å²) in [5, 5.41) is 12.6. The molecule has 0 saturated carbocycles. The van der Waals surface area contributed by atoms with Crippen LogP contribution in [-0.4, -0.2) is 52.6 Å². The average Bonchev–Trinajstić information content (AvgIpc) is 3.13. The van der Waals surface area contributed by atoms with Crippen molar-refractivity contribution in [3.05, 3.63) is 16.1 Å². The monoisotopic (exact) mass is 399 g/mol. The minimum atomic E-state index is -0.874. The molecule has 3 N–H and O–H groups in total. The van der Waals surface area contributed by atoms with E-state index in [4.69, 9.17) is 10.5 Å². The summed E-state index contributed by atoms with van der Waals surface area (Å²) >= 11 is 1.21. The standard InChI is InChI=1S/C19H33N3O4S/c1-7-12(5)16(20)18(24)22(6)14(11(3)4)9-15(23)17-21-13(10-27-17)19(25)26-8-2/h10-12,14-16,23H,7-9,20H2,1-6H3/t12?,14-,15-,16+/m1/s1. The van der Waals surface area contributed by atoms with Gasteiger partial charge in [-0.2, -0.15) is 0 Å². The first-order valence-electron chi connectivity index (χ1n) is 9.46. The van der Waals surface area contributed by atoms with Gasteiger partial charge in [0.15, 0.2) is 5.69 Å². The maximum Gasteiger partial charge on any atom is 0.357 e. The third kappa shape index (κ3) is 6.26. The molecule has 0 saturated heterocycles. The van der Waals surface area contributed by atoms with Gasteiger partial charge in [0.2, 0.25) is 5.91 Å². The number of thiazole rings is 1. The van der Waals surface area contributed by atoms with Gasteiger partial charge in [-0.15, -0.1) is 11.3 Å². The molecule has 0 radical (unpaired) electrons. The molecule has 154 valence electrons. The molecule has 1 rings (SSSR count). The highest BCUT2D eigenvalue weighted by Gasteiger charge is 2.31. The lowest BCUT2D eigenvalue weighted by molar-refractivity contribution is -0.136. The number of hydrogen-bond donors (Lipinski definition) is 2. The van der Waals surface area contributed by atoms with Crippen molar-refractivity contribution in [2.75, 3.05) is 13.7 Å². The third-order valence-electron chi connectivity index (χ3n) is 4.91. The fourth-order valence-corrected chi connectivity index (χ4v) is 3.63. The van der Waals surface area contributed by atoms with Crippen LogP contribution in [0.4, 0.5) is 0 Å². The summed E-state index contributed by atoms with van der Waals surface area (Å²) in [6.07, 6.45) is 0.273. The molecule has 1 heterocycles. The maximum absolute atomic E-state index is 12.7. The van der Waals surface area contributed by atoms with Crippen molar-refractivity contribution < 1.29 is 19.4 Å². The van der Waals surface area contributed by atoms with E-state index in [9.17, 15) is 14.7 Å². The van der Waals surface area contributed by atoms with E-state index in [1.807, 2.05) is 27.7 Å². The quantitative estimate of drug-likeness (QED) is 0.586. The molecule has 0 aliphatic rings. The molecule has 1 aromatic heterocycles. The van der Waals surface area contributed by atoms with Crippen LogP contribution in [0.2, 0.25) is 0 Å². The first-order chi connectivity index (χ1) is 12.6. The highest BCUT2D eigenvalue weighted by Crippen LogP contribution is 2.27. The molecule has 7 nitrogen and oxygen atoms in total. The smallest absolute Gasteiger partial charge is 0.357 e. The van der Waals surface area contributed by atoms with Crippen LogP contribution in [0, 0.1) is 11.8 Å². The van der Waals surface area contributed by atoms with E-state index in [1.165, 1.54) is 11.3 Å². The number of esters is 1. The summed E-state index contributed by atoms with van der Waals surface area (Å²) < 4.78 is 4.93. The van der Waals surface area contributed by atoms with Crippen LogP contribution < -0.4 is 5.73 Å². The minimum Gasteiger partial charge on any atom is -0.461 e. The number of carbonyl (C=O) groups is 2.